The SMILES string of the molecule is CC(C)CCNC(N)=NCc1ccc(CS(=O)(=O)NC(C)C)cc1.I. The Labute approximate surface area is 169 Å². The number of guanidine groups is 1. The summed E-state index contributed by atoms with van der Waals surface area (Å²) in [6, 6.07) is 7.28. The summed E-state index contributed by atoms with van der Waals surface area (Å²) in [5, 5.41) is 3.08. The van der Waals surface area contributed by atoms with Crippen molar-refractivity contribution >= 4 is 40.0 Å². The van der Waals surface area contributed by atoms with Crippen molar-refractivity contribution in [2.24, 2.45) is 16.6 Å². The van der Waals surface area contributed by atoms with Gasteiger partial charge in [0.05, 0.1) is 12.3 Å². The van der Waals surface area contributed by atoms with Gasteiger partial charge >= 0.3 is 0 Å². The smallest absolute Gasteiger partial charge is 0.216 e. The number of benzene rings is 1. The summed E-state index contributed by atoms with van der Waals surface area (Å²) in [6.45, 7) is 9.21. The lowest BCUT2D eigenvalue weighted by molar-refractivity contribution is 0.569. The fourth-order valence-corrected chi connectivity index (χ4v) is 3.52. The maximum Gasteiger partial charge on any atom is 0.216 e. The van der Waals surface area contributed by atoms with Crippen molar-refractivity contribution < 1.29 is 8.42 Å². The second-order valence-corrected chi connectivity index (χ2v) is 8.41. The highest BCUT2D eigenvalue weighted by atomic mass is 127. The van der Waals surface area contributed by atoms with Gasteiger partial charge in [-0.2, -0.15) is 0 Å². The monoisotopic (exact) mass is 482 g/mol. The third-order valence-corrected chi connectivity index (χ3v) is 4.80. The molecule has 25 heavy (non-hydrogen) atoms. The minimum atomic E-state index is -3.30. The molecule has 1 aromatic rings. The average Bonchev–Trinajstić information content (AvgIpc) is 2.44. The number of nitrogens with two attached hydrogens (primary N) is 1. The topological polar surface area (TPSA) is 96.6 Å². The molecular formula is C17H31IN4O2S. The maximum absolute atomic E-state index is 11.9. The van der Waals surface area contributed by atoms with Gasteiger partial charge in [0.15, 0.2) is 5.96 Å². The van der Waals surface area contributed by atoms with Gasteiger partial charge in [-0.3, -0.25) is 0 Å². The third-order valence-electron chi connectivity index (χ3n) is 3.25. The molecule has 0 fully saturated rings. The van der Waals surface area contributed by atoms with E-state index >= 15 is 0 Å². The second kappa shape index (κ2) is 11.7. The first-order chi connectivity index (χ1) is 11.2. The van der Waals surface area contributed by atoms with Crippen LogP contribution in [0.3, 0.4) is 0 Å². The summed E-state index contributed by atoms with van der Waals surface area (Å²) in [4.78, 5) is 4.29. The lowest BCUT2D eigenvalue weighted by Crippen LogP contribution is -2.32. The van der Waals surface area contributed by atoms with E-state index in [1.165, 1.54) is 0 Å². The zero-order valence-electron chi connectivity index (χ0n) is 15.5. The Morgan fingerprint density at radius 3 is 2.20 bits per heavy atom. The molecule has 0 aliphatic heterocycles. The molecule has 0 saturated carbocycles. The second-order valence-electron chi connectivity index (χ2n) is 6.66. The molecule has 144 valence electrons. The molecule has 4 N–H and O–H groups in total. The Kier molecular flexibility index (Phi) is 11.3. The van der Waals surface area contributed by atoms with E-state index in [1.54, 1.807) is 13.8 Å². The van der Waals surface area contributed by atoms with Crippen molar-refractivity contribution in [1.82, 2.24) is 10.0 Å². The fourth-order valence-electron chi connectivity index (χ4n) is 2.08. The van der Waals surface area contributed by atoms with Crippen LogP contribution in [0.2, 0.25) is 0 Å². The standard InChI is InChI=1S/C17H30N4O2S.HI/c1-13(2)9-10-19-17(18)20-11-15-5-7-16(8-6-15)12-24(22,23)21-14(3)4;/h5-8,13-14,21H,9-12H2,1-4H3,(H3,18,19,20);1H. The molecule has 0 radical (unpaired) electrons. The van der Waals surface area contributed by atoms with Gasteiger partial charge in [-0.1, -0.05) is 38.1 Å². The van der Waals surface area contributed by atoms with Crippen LogP contribution in [-0.4, -0.2) is 27.0 Å². The van der Waals surface area contributed by atoms with Crippen LogP contribution in [0.4, 0.5) is 0 Å². The van der Waals surface area contributed by atoms with Crippen molar-refractivity contribution in [3.63, 3.8) is 0 Å². The van der Waals surface area contributed by atoms with Crippen LogP contribution in [0.25, 0.3) is 0 Å². The van der Waals surface area contributed by atoms with Crippen molar-refractivity contribution in [2.45, 2.75) is 52.5 Å². The summed E-state index contributed by atoms with van der Waals surface area (Å²) >= 11 is 0. The van der Waals surface area contributed by atoms with E-state index in [0.717, 1.165) is 24.1 Å². The molecule has 0 heterocycles. The van der Waals surface area contributed by atoms with Gasteiger partial charge in [-0.05, 0) is 37.3 Å². The Morgan fingerprint density at radius 2 is 1.68 bits per heavy atom. The fraction of sp³-hybridized carbons (Fsp3) is 0.588. The molecule has 0 aliphatic rings. The number of hydrogen-bond acceptors (Lipinski definition) is 3. The molecule has 0 atom stereocenters. The summed E-state index contributed by atoms with van der Waals surface area (Å²) in [5.74, 6) is 1.04. The number of halogens is 1. The molecule has 0 bridgehead atoms. The van der Waals surface area contributed by atoms with Crippen LogP contribution >= 0.6 is 24.0 Å². The van der Waals surface area contributed by atoms with Gasteiger partial charge in [0.1, 0.15) is 0 Å². The molecule has 0 unspecified atom stereocenters. The lowest BCUT2D eigenvalue weighted by Gasteiger charge is -2.10. The van der Waals surface area contributed by atoms with E-state index in [-0.39, 0.29) is 35.8 Å². The Morgan fingerprint density at radius 1 is 1.12 bits per heavy atom. The van der Waals surface area contributed by atoms with Crippen LogP contribution in [-0.2, 0) is 22.3 Å². The minimum absolute atomic E-state index is 0. The molecule has 6 nitrogen and oxygen atoms in total. The Hall–Kier alpha value is -0.870. The molecule has 1 rings (SSSR count). The van der Waals surface area contributed by atoms with Crippen molar-refractivity contribution in [1.29, 1.82) is 0 Å². The number of hydrogen-bond donors (Lipinski definition) is 3. The predicted molar refractivity (Wildman–Crippen MR) is 116 cm³/mol. The molecule has 8 heteroatoms. The Bertz CT molecular complexity index is 629. The number of aliphatic imine (C=N–C) groups is 1. The van der Waals surface area contributed by atoms with Crippen molar-refractivity contribution in [3.8, 4) is 0 Å². The molecule has 0 amide bonds. The summed E-state index contributed by atoms with van der Waals surface area (Å²) < 4.78 is 26.4. The first kappa shape index (κ1) is 24.1. The number of nitrogens with zero attached hydrogens (tertiary/aromatic N) is 1. The van der Waals surface area contributed by atoms with E-state index < -0.39 is 10.0 Å². The zero-order chi connectivity index (χ0) is 18.2. The largest absolute Gasteiger partial charge is 0.370 e. The molecule has 0 spiro atoms. The molecule has 0 aromatic heterocycles. The third kappa shape index (κ3) is 11.4. The summed E-state index contributed by atoms with van der Waals surface area (Å²) in [6.07, 6.45) is 1.05. The van der Waals surface area contributed by atoms with Crippen LogP contribution in [0.15, 0.2) is 29.3 Å². The highest BCUT2D eigenvalue weighted by Crippen LogP contribution is 2.09. The van der Waals surface area contributed by atoms with Gasteiger partial charge in [-0.25, -0.2) is 18.1 Å². The number of nitrogens with one attached hydrogen (secondary N) is 2. The van der Waals surface area contributed by atoms with Crippen LogP contribution in [0.5, 0.6) is 0 Å². The van der Waals surface area contributed by atoms with Gasteiger partial charge < -0.3 is 11.1 Å². The van der Waals surface area contributed by atoms with Crippen molar-refractivity contribution in [3.05, 3.63) is 35.4 Å². The van der Waals surface area contributed by atoms with Gasteiger partial charge in [0, 0.05) is 12.6 Å². The van der Waals surface area contributed by atoms with Crippen LogP contribution in [0.1, 0.15) is 45.2 Å². The van der Waals surface area contributed by atoms with Crippen LogP contribution < -0.4 is 15.8 Å². The maximum atomic E-state index is 11.9. The summed E-state index contributed by atoms with van der Waals surface area (Å²) in [7, 11) is -3.30. The molecule has 0 saturated heterocycles. The van der Waals surface area contributed by atoms with Gasteiger partial charge in [-0.15, -0.1) is 24.0 Å². The highest BCUT2D eigenvalue weighted by Gasteiger charge is 2.12. The average molecular weight is 482 g/mol. The van der Waals surface area contributed by atoms with Crippen LogP contribution in [0, 0.1) is 5.92 Å². The number of sulfonamides is 1. The van der Waals surface area contributed by atoms with E-state index in [4.69, 9.17) is 5.73 Å². The van der Waals surface area contributed by atoms with E-state index in [0.29, 0.717) is 18.4 Å². The van der Waals surface area contributed by atoms with E-state index in [9.17, 15) is 8.42 Å². The molecular weight excluding hydrogens is 451 g/mol. The first-order valence-corrected chi connectivity index (χ1v) is 9.95. The lowest BCUT2D eigenvalue weighted by atomic mass is 10.1. The van der Waals surface area contributed by atoms with Crippen molar-refractivity contribution in [2.75, 3.05) is 6.54 Å². The normalized spacial score (nSPS) is 12.3. The van der Waals surface area contributed by atoms with E-state index in [2.05, 4.69) is 28.9 Å². The highest BCUT2D eigenvalue weighted by molar-refractivity contribution is 14.0. The predicted octanol–water partition coefficient (Wildman–Crippen LogP) is 2.58. The van der Waals surface area contributed by atoms with E-state index in [1.807, 2.05) is 24.3 Å². The summed E-state index contributed by atoms with van der Waals surface area (Å²) in [5.41, 5.74) is 7.56. The molecule has 0 aliphatic carbocycles. The first-order valence-electron chi connectivity index (χ1n) is 8.29. The zero-order valence-corrected chi connectivity index (χ0v) is 18.6. The molecule has 1 aromatic carbocycles. The van der Waals surface area contributed by atoms with Gasteiger partial charge in [0.25, 0.3) is 0 Å². The quantitative estimate of drug-likeness (QED) is 0.286. The van der Waals surface area contributed by atoms with Gasteiger partial charge in [0.2, 0.25) is 10.0 Å². The number of rotatable bonds is 9. The Balaban J connectivity index is 0.00000576. The minimum Gasteiger partial charge on any atom is -0.370 e.